The maximum absolute atomic E-state index is 8.94. The van der Waals surface area contributed by atoms with Gasteiger partial charge in [0, 0.05) is 11.5 Å². The molecular formula is C11H11N3O. The third kappa shape index (κ3) is 1.29. The summed E-state index contributed by atoms with van der Waals surface area (Å²) in [5.41, 5.74) is 7.99. The van der Waals surface area contributed by atoms with Crippen LogP contribution in [0.1, 0.15) is 11.1 Å². The van der Waals surface area contributed by atoms with E-state index in [4.69, 9.17) is 15.7 Å². The Morgan fingerprint density at radius 3 is 2.80 bits per heavy atom. The molecule has 2 aromatic rings. The Morgan fingerprint density at radius 1 is 1.47 bits per heavy atom. The highest BCUT2D eigenvalue weighted by atomic mass is 16.5. The van der Waals surface area contributed by atoms with Crippen LogP contribution in [0.5, 0.6) is 5.75 Å². The monoisotopic (exact) mass is 201 g/mol. The van der Waals surface area contributed by atoms with Gasteiger partial charge in [0.2, 0.25) is 0 Å². The average Bonchev–Trinajstić information content (AvgIpc) is 2.51. The number of aromatic nitrogens is 1. The molecule has 0 bridgehead atoms. The Morgan fingerprint density at radius 2 is 2.20 bits per heavy atom. The Labute approximate surface area is 87.3 Å². The summed E-state index contributed by atoms with van der Waals surface area (Å²) in [4.78, 5) is 2.96. The Hall–Kier alpha value is -2.15. The molecule has 15 heavy (non-hydrogen) atoms. The number of aryl methyl sites for hydroxylation is 1. The lowest BCUT2D eigenvalue weighted by Crippen LogP contribution is -1.86. The van der Waals surface area contributed by atoms with Gasteiger partial charge in [-0.25, -0.2) is 0 Å². The van der Waals surface area contributed by atoms with Crippen LogP contribution in [0.4, 0.5) is 5.82 Å². The first-order valence-corrected chi connectivity index (χ1v) is 4.53. The molecule has 0 saturated heterocycles. The molecule has 0 fully saturated rings. The van der Waals surface area contributed by atoms with Crippen LogP contribution >= 0.6 is 0 Å². The van der Waals surface area contributed by atoms with Gasteiger partial charge >= 0.3 is 0 Å². The number of rotatable bonds is 1. The second-order valence-electron chi connectivity index (χ2n) is 3.39. The molecule has 2 rings (SSSR count). The van der Waals surface area contributed by atoms with Gasteiger partial charge in [0.15, 0.2) is 0 Å². The summed E-state index contributed by atoms with van der Waals surface area (Å²) in [6.07, 6.45) is 0. The summed E-state index contributed by atoms with van der Waals surface area (Å²) in [5.74, 6) is 1.19. The minimum absolute atomic E-state index is 0.403. The van der Waals surface area contributed by atoms with Crippen molar-refractivity contribution < 1.29 is 4.74 Å². The second kappa shape index (κ2) is 3.21. The lowest BCUT2D eigenvalue weighted by Gasteiger charge is -2.03. The number of hydrogen-bond donors (Lipinski definition) is 2. The van der Waals surface area contributed by atoms with E-state index in [0.717, 1.165) is 22.2 Å². The van der Waals surface area contributed by atoms with Gasteiger partial charge in [-0.05, 0) is 18.6 Å². The number of benzene rings is 1. The SMILES string of the molecule is COc1cc2[nH]c(N)c(C#N)c2cc1C. The predicted octanol–water partition coefficient (Wildman–Crippen LogP) is 1.94. The third-order valence-electron chi connectivity index (χ3n) is 2.45. The Kier molecular flexibility index (Phi) is 2.01. The number of ether oxygens (including phenoxy) is 1. The van der Waals surface area contributed by atoms with Gasteiger partial charge < -0.3 is 15.5 Å². The quantitative estimate of drug-likeness (QED) is 0.740. The molecule has 0 saturated carbocycles. The molecule has 1 aromatic heterocycles. The minimum atomic E-state index is 0.403. The summed E-state index contributed by atoms with van der Waals surface area (Å²) >= 11 is 0. The van der Waals surface area contributed by atoms with Crippen LogP contribution in [0.15, 0.2) is 12.1 Å². The molecule has 4 nitrogen and oxygen atoms in total. The molecule has 76 valence electrons. The number of nitrogens with two attached hydrogens (primary N) is 1. The van der Waals surface area contributed by atoms with Crippen molar-refractivity contribution in [1.82, 2.24) is 4.98 Å². The predicted molar refractivity (Wildman–Crippen MR) is 58.7 cm³/mol. The van der Waals surface area contributed by atoms with E-state index >= 15 is 0 Å². The maximum Gasteiger partial charge on any atom is 0.123 e. The van der Waals surface area contributed by atoms with E-state index in [-0.39, 0.29) is 0 Å². The molecule has 1 heterocycles. The number of nitrogen functional groups attached to an aromatic ring is 1. The highest BCUT2D eigenvalue weighted by Crippen LogP contribution is 2.29. The van der Waals surface area contributed by atoms with Gasteiger partial charge in [0.05, 0.1) is 12.6 Å². The number of nitrogens with zero attached hydrogens (tertiary/aromatic N) is 1. The lowest BCUT2D eigenvalue weighted by atomic mass is 10.1. The largest absolute Gasteiger partial charge is 0.496 e. The number of fused-ring (bicyclic) bond motifs is 1. The fourth-order valence-corrected chi connectivity index (χ4v) is 1.69. The van der Waals surface area contributed by atoms with Crippen molar-refractivity contribution in [3.05, 3.63) is 23.3 Å². The summed E-state index contributed by atoms with van der Waals surface area (Å²) in [6, 6.07) is 5.84. The number of methoxy groups -OCH3 is 1. The minimum Gasteiger partial charge on any atom is -0.496 e. The van der Waals surface area contributed by atoms with Gasteiger partial charge in [0.1, 0.15) is 23.2 Å². The van der Waals surface area contributed by atoms with Crippen molar-refractivity contribution in [2.24, 2.45) is 0 Å². The van der Waals surface area contributed by atoms with Crippen LogP contribution in [-0.4, -0.2) is 12.1 Å². The Bertz CT molecular complexity index is 563. The molecule has 0 unspecified atom stereocenters. The number of nitriles is 1. The molecule has 0 aliphatic carbocycles. The molecule has 0 amide bonds. The van der Waals surface area contributed by atoms with Gasteiger partial charge in [-0.2, -0.15) is 5.26 Å². The molecule has 0 radical (unpaired) electrons. The molecule has 0 spiro atoms. The van der Waals surface area contributed by atoms with E-state index < -0.39 is 0 Å². The first-order chi connectivity index (χ1) is 7.17. The number of hydrogen-bond acceptors (Lipinski definition) is 3. The first-order valence-electron chi connectivity index (χ1n) is 4.53. The summed E-state index contributed by atoms with van der Waals surface area (Å²) in [5, 5.41) is 9.78. The number of anilines is 1. The van der Waals surface area contributed by atoms with Crippen molar-refractivity contribution in [3.63, 3.8) is 0 Å². The zero-order valence-electron chi connectivity index (χ0n) is 8.59. The number of nitrogens with one attached hydrogen (secondary N) is 1. The molecule has 1 aromatic carbocycles. The van der Waals surface area contributed by atoms with E-state index in [1.54, 1.807) is 7.11 Å². The van der Waals surface area contributed by atoms with E-state index in [0.29, 0.717) is 11.4 Å². The van der Waals surface area contributed by atoms with Crippen LogP contribution in [0.25, 0.3) is 10.9 Å². The zero-order valence-corrected chi connectivity index (χ0v) is 8.59. The molecular weight excluding hydrogens is 190 g/mol. The zero-order chi connectivity index (χ0) is 11.0. The first kappa shape index (κ1) is 9.41. The van der Waals surface area contributed by atoms with Crippen molar-refractivity contribution in [2.75, 3.05) is 12.8 Å². The molecule has 0 aliphatic rings. The smallest absolute Gasteiger partial charge is 0.123 e. The van der Waals surface area contributed by atoms with Crippen molar-refractivity contribution in [1.29, 1.82) is 5.26 Å². The fraction of sp³-hybridized carbons (Fsp3) is 0.182. The average molecular weight is 201 g/mol. The van der Waals surface area contributed by atoms with E-state index in [9.17, 15) is 0 Å². The van der Waals surface area contributed by atoms with Crippen LogP contribution in [0, 0.1) is 18.3 Å². The van der Waals surface area contributed by atoms with Gasteiger partial charge in [-0.1, -0.05) is 0 Å². The van der Waals surface area contributed by atoms with Crippen LogP contribution in [0.2, 0.25) is 0 Å². The van der Waals surface area contributed by atoms with Gasteiger partial charge in [0.25, 0.3) is 0 Å². The topological polar surface area (TPSA) is 74.8 Å². The maximum atomic E-state index is 8.94. The highest BCUT2D eigenvalue weighted by Gasteiger charge is 2.10. The van der Waals surface area contributed by atoms with E-state index in [2.05, 4.69) is 11.1 Å². The van der Waals surface area contributed by atoms with Crippen LogP contribution in [0.3, 0.4) is 0 Å². The van der Waals surface area contributed by atoms with Crippen molar-refractivity contribution in [3.8, 4) is 11.8 Å². The summed E-state index contributed by atoms with van der Waals surface area (Å²) in [6.45, 7) is 1.93. The summed E-state index contributed by atoms with van der Waals surface area (Å²) < 4.78 is 5.19. The lowest BCUT2D eigenvalue weighted by molar-refractivity contribution is 0.412. The van der Waals surface area contributed by atoms with Crippen molar-refractivity contribution in [2.45, 2.75) is 6.92 Å². The van der Waals surface area contributed by atoms with Crippen molar-refractivity contribution >= 4 is 16.7 Å². The standard InChI is InChI=1S/C11H11N3O/c1-6-3-7-8(5-12)11(13)14-9(7)4-10(6)15-2/h3-4,14H,13H2,1-2H3. The second-order valence-corrected chi connectivity index (χ2v) is 3.39. The van der Waals surface area contributed by atoms with Gasteiger partial charge in [-0.15, -0.1) is 0 Å². The van der Waals surface area contributed by atoms with Crippen LogP contribution in [-0.2, 0) is 0 Å². The Balaban J connectivity index is 2.83. The fourth-order valence-electron chi connectivity index (χ4n) is 1.69. The molecule has 0 atom stereocenters. The molecule has 4 heteroatoms. The van der Waals surface area contributed by atoms with Crippen LogP contribution < -0.4 is 10.5 Å². The number of aromatic amines is 1. The highest BCUT2D eigenvalue weighted by molar-refractivity contribution is 5.92. The van der Waals surface area contributed by atoms with Gasteiger partial charge in [-0.3, -0.25) is 0 Å². The number of H-pyrrole nitrogens is 1. The van der Waals surface area contributed by atoms with E-state index in [1.165, 1.54) is 0 Å². The van der Waals surface area contributed by atoms with E-state index in [1.807, 2.05) is 19.1 Å². The normalized spacial score (nSPS) is 10.2. The third-order valence-corrected chi connectivity index (χ3v) is 2.45. The summed E-state index contributed by atoms with van der Waals surface area (Å²) in [7, 11) is 1.62. The molecule has 0 aliphatic heterocycles. The molecule has 3 N–H and O–H groups in total.